The topological polar surface area (TPSA) is 32.3 Å². The maximum Gasteiger partial charge on any atom is 0.187 e. The lowest BCUT2D eigenvalue weighted by molar-refractivity contribution is 0.396. The second kappa shape index (κ2) is 5.01. The first-order valence-corrected chi connectivity index (χ1v) is 6.33. The smallest absolute Gasteiger partial charge is 0.187 e. The van der Waals surface area contributed by atoms with Crippen molar-refractivity contribution >= 4 is 33.0 Å². The zero-order valence-electron chi connectivity index (χ0n) is 8.51. The van der Waals surface area contributed by atoms with Gasteiger partial charge in [-0.25, -0.2) is 8.78 Å². The number of halogens is 3. The van der Waals surface area contributed by atoms with E-state index in [0.29, 0.717) is 12.2 Å². The molecule has 1 aromatic carbocycles. The Morgan fingerprint density at radius 1 is 1.24 bits per heavy atom. The van der Waals surface area contributed by atoms with Crippen LogP contribution in [0.25, 0.3) is 0 Å². The van der Waals surface area contributed by atoms with Crippen molar-refractivity contribution in [1.82, 2.24) is 0 Å². The number of aromatic hydroxyl groups is 1. The summed E-state index contributed by atoms with van der Waals surface area (Å²) in [7, 11) is 0. The number of anilines is 1. The highest BCUT2D eigenvalue weighted by atomic mass is 79.9. The van der Waals surface area contributed by atoms with Crippen LogP contribution in [0.4, 0.5) is 14.5 Å². The Bertz CT molecular complexity index is 521. The van der Waals surface area contributed by atoms with Crippen LogP contribution >= 0.6 is 27.3 Å². The number of phenols is 1. The van der Waals surface area contributed by atoms with Gasteiger partial charge in [-0.15, -0.1) is 11.3 Å². The van der Waals surface area contributed by atoms with Crippen molar-refractivity contribution in [3.05, 3.63) is 44.6 Å². The van der Waals surface area contributed by atoms with E-state index in [-0.39, 0.29) is 0 Å². The van der Waals surface area contributed by atoms with Crippen molar-refractivity contribution in [1.29, 1.82) is 0 Å². The molecule has 0 saturated heterocycles. The van der Waals surface area contributed by atoms with Gasteiger partial charge in [0.05, 0.1) is 3.79 Å². The molecule has 0 atom stereocenters. The maximum atomic E-state index is 13.0. The summed E-state index contributed by atoms with van der Waals surface area (Å²) < 4.78 is 27.1. The Morgan fingerprint density at radius 2 is 1.88 bits per heavy atom. The standard InChI is InChI=1S/C11H8BrF2NOS/c12-10-2-1-7(17-10)5-15-6-3-8(13)11(16)9(14)4-6/h1-4,15-16H,5H2. The fraction of sp³-hybridized carbons (Fsp3) is 0.0909. The van der Waals surface area contributed by atoms with Crippen LogP contribution in [0, 0.1) is 11.6 Å². The molecule has 0 unspecified atom stereocenters. The number of benzene rings is 1. The summed E-state index contributed by atoms with van der Waals surface area (Å²) in [6, 6.07) is 5.93. The molecule has 0 aliphatic carbocycles. The minimum atomic E-state index is -0.972. The second-order valence-electron chi connectivity index (χ2n) is 3.35. The van der Waals surface area contributed by atoms with Crippen molar-refractivity contribution in [2.45, 2.75) is 6.54 Å². The van der Waals surface area contributed by atoms with Crippen LogP contribution in [0.1, 0.15) is 4.88 Å². The van der Waals surface area contributed by atoms with Gasteiger partial charge < -0.3 is 10.4 Å². The summed E-state index contributed by atoms with van der Waals surface area (Å²) >= 11 is 4.86. The Kier molecular flexibility index (Phi) is 3.63. The molecule has 2 rings (SSSR count). The summed E-state index contributed by atoms with van der Waals surface area (Å²) in [5.41, 5.74) is 0.294. The highest BCUT2D eigenvalue weighted by Crippen LogP contribution is 2.26. The van der Waals surface area contributed by atoms with Crippen LogP contribution in [-0.2, 0) is 6.54 Å². The van der Waals surface area contributed by atoms with Gasteiger partial charge in [-0.3, -0.25) is 0 Å². The number of nitrogens with one attached hydrogen (secondary N) is 1. The van der Waals surface area contributed by atoms with E-state index in [0.717, 1.165) is 20.8 Å². The molecule has 0 fully saturated rings. The Morgan fingerprint density at radius 3 is 2.41 bits per heavy atom. The SMILES string of the molecule is Oc1c(F)cc(NCc2ccc(Br)s2)cc1F. The summed E-state index contributed by atoms with van der Waals surface area (Å²) in [5.74, 6) is -2.89. The lowest BCUT2D eigenvalue weighted by Crippen LogP contribution is -1.98. The van der Waals surface area contributed by atoms with E-state index in [1.54, 1.807) is 0 Å². The normalized spacial score (nSPS) is 10.5. The lowest BCUT2D eigenvalue weighted by atomic mass is 10.2. The van der Waals surface area contributed by atoms with Crippen LogP contribution in [-0.4, -0.2) is 5.11 Å². The molecule has 0 amide bonds. The Labute approximate surface area is 109 Å². The average molecular weight is 320 g/mol. The van der Waals surface area contributed by atoms with Gasteiger partial charge >= 0.3 is 0 Å². The average Bonchev–Trinajstić information content (AvgIpc) is 2.69. The maximum absolute atomic E-state index is 13.0. The third-order valence-corrected chi connectivity index (χ3v) is 3.74. The molecule has 90 valence electrons. The predicted octanol–water partition coefficient (Wildman–Crippen LogP) is 4.11. The molecule has 1 heterocycles. The molecule has 0 radical (unpaired) electrons. The van der Waals surface area contributed by atoms with Gasteiger partial charge in [-0.2, -0.15) is 0 Å². The number of thiophene rings is 1. The number of rotatable bonds is 3. The molecule has 17 heavy (non-hydrogen) atoms. The molecule has 2 nitrogen and oxygen atoms in total. The largest absolute Gasteiger partial charge is 0.503 e. The van der Waals surface area contributed by atoms with Gasteiger partial charge in [-0.05, 0) is 28.1 Å². The van der Waals surface area contributed by atoms with Crippen molar-refractivity contribution in [3.8, 4) is 5.75 Å². The van der Waals surface area contributed by atoms with Crippen LogP contribution in [0.5, 0.6) is 5.75 Å². The van der Waals surface area contributed by atoms with Crippen molar-refractivity contribution in [2.75, 3.05) is 5.32 Å². The van der Waals surface area contributed by atoms with Crippen LogP contribution < -0.4 is 5.32 Å². The number of hydrogen-bond donors (Lipinski definition) is 2. The number of hydrogen-bond acceptors (Lipinski definition) is 3. The van der Waals surface area contributed by atoms with E-state index in [9.17, 15) is 8.78 Å². The summed E-state index contributed by atoms with van der Waals surface area (Å²) in [5, 5.41) is 11.8. The molecular formula is C11H8BrF2NOS. The first-order valence-electron chi connectivity index (χ1n) is 4.72. The van der Waals surface area contributed by atoms with E-state index in [1.165, 1.54) is 11.3 Å². The molecule has 2 aromatic rings. The van der Waals surface area contributed by atoms with E-state index in [4.69, 9.17) is 5.11 Å². The molecule has 0 aliphatic rings. The lowest BCUT2D eigenvalue weighted by Gasteiger charge is -2.06. The van der Waals surface area contributed by atoms with Crippen LogP contribution in [0.2, 0.25) is 0 Å². The molecule has 1 aromatic heterocycles. The third kappa shape index (κ3) is 2.95. The van der Waals surface area contributed by atoms with Gasteiger partial charge in [0.2, 0.25) is 0 Å². The summed E-state index contributed by atoms with van der Waals surface area (Å²) in [6.45, 7) is 0.472. The minimum Gasteiger partial charge on any atom is -0.503 e. The number of phenolic OH excluding ortho intramolecular Hbond substituents is 1. The van der Waals surface area contributed by atoms with Gasteiger partial charge in [0.25, 0.3) is 0 Å². The van der Waals surface area contributed by atoms with Crippen molar-refractivity contribution in [2.24, 2.45) is 0 Å². The monoisotopic (exact) mass is 319 g/mol. The van der Waals surface area contributed by atoms with E-state index in [2.05, 4.69) is 21.2 Å². The molecule has 2 N–H and O–H groups in total. The summed E-state index contributed by atoms with van der Waals surface area (Å²) in [6.07, 6.45) is 0. The molecule has 6 heteroatoms. The first-order chi connectivity index (χ1) is 8.06. The zero-order chi connectivity index (χ0) is 12.4. The fourth-order valence-electron chi connectivity index (χ4n) is 1.30. The third-order valence-electron chi connectivity index (χ3n) is 2.11. The Hall–Kier alpha value is -1.14. The molecular weight excluding hydrogens is 312 g/mol. The predicted molar refractivity (Wildman–Crippen MR) is 67.4 cm³/mol. The molecule has 0 spiro atoms. The first kappa shape index (κ1) is 12.3. The van der Waals surface area contributed by atoms with E-state index in [1.807, 2.05) is 12.1 Å². The zero-order valence-corrected chi connectivity index (χ0v) is 10.9. The van der Waals surface area contributed by atoms with Gasteiger partial charge in [0, 0.05) is 29.2 Å². The summed E-state index contributed by atoms with van der Waals surface area (Å²) in [4.78, 5) is 1.03. The quantitative estimate of drug-likeness (QED) is 0.834. The molecule has 0 bridgehead atoms. The second-order valence-corrected chi connectivity index (χ2v) is 5.90. The highest BCUT2D eigenvalue weighted by Gasteiger charge is 2.09. The van der Waals surface area contributed by atoms with Crippen LogP contribution in [0.15, 0.2) is 28.1 Å². The van der Waals surface area contributed by atoms with Crippen molar-refractivity contribution < 1.29 is 13.9 Å². The molecule has 0 aliphatic heterocycles. The highest BCUT2D eigenvalue weighted by molar-refractivity contribution is 9.11. The van der Waals surface area contributed by atoms with Gasteiger partial charge in [0.1, 0.15) is 0 Å². The van der Waals surface area contributed by atoms with E-state index < -0.39 is 17.4 Å². The van der Waals surface area contributed by atoms with E-state index >= 15 is 0 Å². The Balaban J connectivity index is 2.09. The fourth-order valence-corrected chi connectivity index (χ4v) is 2.73. The van der Waals surface area contributed by atoms with Gasteiger partial charge in [-0.1, -0.05) is 0 Å². The molecule has 0 saturated carbocycles. The van der Waals surface area contributed by atoms with Gasteiger partial charge in [0.15, 0.2) is 17.4 Å². The van der Waals surface area contributed by atoms with Crippen LogP contribution in [0.3, 0.4) is 0 Å². The van der Waals surface area contributed by atoms with Crippen molar-refractivity contribution in [3.63, 3.8) is 0 Å². The minimum absolute atomic E-state index is 0.294.